The van der Waals surface area contributed by atoms with Crippen molar-refractivity contribution in [2.75, 3.05) is 0 Å². The van der Waals surface area contributed by atoms with Crippen molar-refractivity contribution in [2.24, 2.45) is 0 Å². The van der Waals surface area contributed by atoms with Crippen molar-refractivity contribution in [1.29, 1.82) is 0 Å². The second-order valence-electron chi connectivity index (χ2n) is 7.08. The van der Waals surface area contributed by atoms with E-state index in [-0.39, 0.29) is 0 Å². The first-order valence-electron chi connectivity index (χ1n) is 9.38. The first-order valence-corrected chi connectivity index (χ1v) is 9.38. The van der Waals surface area contributed by atoms with Crippen LogP contribution in [0.25, 0.3) is 43.8 Å². The molecule has 0 aliphatic heterocycles. The lowest BCUT2D eigenvalue weighted by Gasteiger charge is -2.13. The Labute approximate surface area is 159 Å². The molecule has 0 aromatic heterocycles. The maximum atomic E-state index is 2.35. The quantitative estimate of drug-likeness (QED) is 0.309. The molecule has 0 aliphatic carbocycles. The van der Waals surface area contributed by atoms with Gasteiger partial charge in [0.15, 0.2) is 0 Å². The smallest absolute Gasteiger partial charge is 0.0103 e. The summed E-state index contributed by atoms with van der Waals surface area (Å²) in [4.78, 5) is 0. The van der Waals surface area contributed by atoms with Gasteiger partial charge in [0.1, 0.15) is 0 Å². The van der Waals surface area contributed by atoms with Crippen LogP contribution < -0.4 is 0 Å². The summed E-state index contributed by atoms with van der Waals surface area (Å²) in [5.74, 6) is 0. The van der Waals surface area contributed by atoms with E-state index in [4.69, 9.17) is 0 Å². The maximum Gasteiger partial charge on any atom is -0.0103 e. The number of aryl methyl sites for hydroxylation is 1. The molecule has 0 heterocycles. The zero-order chi connectivity index (χ0) is 18.2. The lowest BCUT2D eigenvalue weighted by atomic mass is 9.91. The van der Waals surface area contributed by atoms with Gasteiger partial charge in [-0.3, -0.25) is 0 Å². The average molecular weight is 344 g/mol. The lowest BCUT2D eigenvalue weighted by molar-refractivity contribution is 1.46. The second-order valence-corrected chi connectivity index (χ2v) is 7.08. The van der Waals surface area contributed by atoms with Gasteiger partial charge >= 0.3 is 0 Å². The molecule has 27 heavy (non-hydrogen) atoms. The predicted octanol–water partition coefficient (Wildman–Crippen LogP) is 7.64. The van der Waals surface area contributed by atoms with Crippen LogP contribution in [0.1, 0.15) is 5.56 Å². The SMILES string of the molecule is Cc1ccc(-c2cccc3ccccc23)cc1-c1cccc2ccccc12. The molecule has 0 saturated carbocycles. The molecule has 0 heteroatoms. The molecule has 0 nitrogen and oxygen atoms in total. The molecule has 0 amide bonds. The van der Waals surface area contributed by atoms with E-state index in [0.29, 0.717) is 0 Å². The van der Waals surface area contributed by atoms with Crippen LogP contribution in [0.3, 0.4) is 0 Å². The van der Waals surface area contributed by atoms with Gasteiger partial charge in [0.2, 0.25) is 0 Å². The van der Waals surface area contributed by atoms with Crippen LogP contribution in [0.15, 0.2) is 103 Å². The molecular weight excluding hydrogens is 324 g/mol. The van der Waals surface area contributed by atoms with Gasteiger partial charge < -0.3 is 0 Å². The van der Waals surface area contributed by atoms with E-state index in [1.807, 2.05) is 0 Å². The highest BCUT2D eigenvalue weighted by Gasteiger charge is 2.10. The van der Waals surface area contributed by atoms with Crippen molar-refractivity contribution >= 4 is 21.5 Å². The van der Waals surface area contributed by atoms with Crippen LogP contribution >= 0.6 is 0 Å². The summed E-state index contributed by atoms with van der Waals surface area (Å²) >= 11 is 0. The Balaban J connectivity index is 1.76. The standard InChI is InChI=1S/C27H20/c1-19-16-17-22(25-14-6-10-20-8-2-4-12-23(20)25)18-27(19)26-15-7-11-21-9-3-5-13-24(21)26/h2-18H,1H3. The largest absolute Gasteiger partial charge is 0.0616 e. The summed E-state index contributed by atoms with van der Waals surface area (Å²) < 4.78 is 0. The molecule has 0 saturated heterocycles. The third-order valence-electron chi connectivity index (χ3n) is 5.42. The van der Waals surface area contributed by atoms with E-state index in [1.54, 1.807) is 0 Å². The first-order chi connectivity index (χ1) is 13.3. The van der Waals surface area contributed by atoms with Crippen LogP contribution in [0, 0.1) is 6.92 Å². The molecule has 0 fully saturated rings. The van der Waals surface area contributed by atoms with Gasteiger partial charge in [0, 0.05) is 0 Å². The van der Waals surface area contributed by atoms with Gasteiger partial charge in [-0.05, 0) is 62.4 Å². The monoisotopic (exact) mass is 344 g/mol. The van der Waals surface area contributed by atoms with Crippen LogP contribution in [0.2, 0.25) is 0 Å². The summed E-state index contributed by atoms with van der Waals surface area (Å²) in [6.45, 7) is 2.20. The average Bonchev–Trinajstić information content (AvgIpc) is 2.73. The minimum absolute atomic E-state index is 1.26. The van der Waals surface area contributed by atoms with Crippen molar-refractivity contribution < 1.29 is 0 Å². The third-order valence-corrected chi connectivity index (χ3v) is 5.42. The van der Waals surface area contributed by atoms with E-state index in [0.717, 1.165) is 0 Å². The molecule has 0 bridgehead atoms. The fourth-order valence-electron chi connectivity index (χ4n) is 4.02. The molecule has 0 atom stereocenters. The Morgan fingerprint density at radius 1 is 0.444 bits per heavy atom. The predicted molar refractivity (Wildman–Crippen MR) is 117 cm³/mol. The molecule has 0 aliphatic rings. The van der Waals surface area contributed by atoms with Crippen molar-refractivity contribution in [1.82, 2.24) is 0 Å². The van der Waals surface area contributed by atoms with Crippen molar-refractivity contribution in [3.63, 3.8) is 0 Å². The highest BCUT2D eigenvalue weighted by atomic mass is 14.1. The van der Waals surface area contributed by atoms with Gasteiger partial charge in [-0.1, -0.05) is 97.1 Å². The Hall–Kier alpha value is -3.38. The Morgan fingerprint density at radius 3 is 1.70 bits per heavy atom. The van der Waals surface area contributed by atoms with Gasteiger partial charge in [0.05, 0.1) is 0 Å². The molecule has 0 radical (unpaired) electrons. The van der Waals surface area contributed by atoms with Crippen LogP contribution in [-0.4, -0.2) is 0 Å². The Morgan fingerprint density at radius 2 is 1.00 bits per heavy atom. The van der Waals surface area contributed by atoms with Gasteiger partial charge in [-0.2, -0.15) is 0 Å². The van der Waals surface area contributed by atoms with Crippen molar-refractivity contribution in [3.05, 3.63) is 109 Å². The van der Waals surface area contributed by atoms with Gasteiger partial charge in [0.25, 0.3) is 0 Å². The van der Waals surface area contributed by atoms with Crippen molar-refractivity contribution in [2.45, 2.75) is 6.92 Å². The van der Waals surface area contributed by atoms with Crippen LogP contribution in [-0.2, 0) is 0 Å². The minimum atomic E-state index is 1.26. The third kappa shape index (κ3) is 2.71. The summed E-state index contributed by atoms with van der Waals surface area (Å²) in [5, 5.41) is 5.16. The highest BCUT2D eigenvalue weighted by molar-refractivity contribution is 6.00. The topological polar surface area (TPSA) is 0 Å². The molecule has 5 rings (SSSR count). The number of benzene rings is 5. The molecule has 0 spiro atoms. The number of rotatable bonds is 2. The number of fused-ring (bicyclic) bond motifs is 2. The lowest BCUT2D eigenvalue weighted by Crippen LogP contribution is -1.88. The van der Waals surface area contributed by atoms with Crippen molar-refractivity contribution in [3.8, 4) is 22.3 Å². The van der Waals surface area contributed by atoms with E-state index in [1.165, 1.54) is 49.4 Å². The molecule has 0 N–H and O–H groups in total. The molecule has 5 aromatic rings. The minimum Gasteiger partial charge on any atom is -0.0616 e. The fourth-order valence-corrected chi connectivity index (χ4v) is 4.02. The van der Waals surface area contributed by atoms with Gasteiger partial charge in [-0.25, -0.2) is 0 Å². The first kappa shape index (κ1) is 15.8. The summed E-state index contributed by atoms with van der Waals surface area (Å²) in [6, 6.07) is 37.2. The van der Waals surface area contributed by atoms with E-state index >= 15 is 0 Å². The maximum absolute atomic E-state index is 2.35. The molecule has 128 valence electrons. The fraction of sp³-hybridized carbons (Fsp3) is 0.0370. The van der Waals surface area contributed by atoms with Crippen LogP contribution in [0.4, 0.5) is 0 Å². The Kier molecular flexibility index (Phi) is 3.76. The van der Waals surface area contributed by atoms with E-state index < -0.39 is 0 Å². The number of hydrogen-bond donors (Lipinski definition) is 0. The zero-order valence-corrected chi connectivity index (χ0v) is 15.3. The summed E-state index contributed by atoms with van der Waals surface area (Å²) in [7, 11) is 0. The Bertz CT molecular complexity index is 1270. The normalized spacial score (nSPS) is 11.1. The summed E-state index contributed by atoms with van der Waals surface area (Å²) in [5.41, 5.74) is 6.45. The number of hydrogen-bond acceptors (Lipinski definition) is 0. The van der Waals surface area contributed by atoms with E-state index in [2.05, 4.69) is 110 Å². The highest BCUT2D eigenvalue weighted by Crippen LogP contribution is 2.35. The molecular formula is C27H20. The second kappa shape index (κ2) is 6.41. The van der Waals surface area contributed by atoms with Crippen LogP contribution in [0.5, 0.6) is 0 Å². The molecule has 0 unspecified atom stereocenters. The van der Waals surface area contributed by atoms with E-state index in [9.17, 15) is 0 Å². The zero-order valence-electron chi connectivity index (χ0n) is 15.3. The molecule has 5 aromatic carbocycles. The van der Waals surface area contributed by atoms with Gasteiger partial charge in [-0.15, -0.1) is 0 Å². The summed E-state index contributed by atoms with van der Waals surface area (Å²) in [6.07, 6.45) is 0.